The van der Waals surface area contributed by atoms with Gasteiger partial charge >= 0.3 is 0 Å². The largest absolute Gasteiger partial charge is 0.472 e. The number of nitrogens with zero attached hydrogens (tertiary/aromatic N) is 3. The summed E-state index contributed by atoms with van der Waals surface area (Å²) < 4.78 is 6.17. The van der Waals surface area contributed by atoms with Crippen LogP contribution < -0.4 is 4.74 Å². The molecule has 5 heteroatoms. The van der Waals surface area contributed by atoms with Gasteiger partial charge in [-0.05, 0) is 56.5 Å². The molecule has 0 spiro atoms. The van der Waals surface area contributed by atoms with Crippen molar-refractivity contribution in [2.75, 3.05) is 13.1 Å². The molecule has 2 unspecified atom stereocenters. The van der Waals surface area contributed by atoms with Gasteiger partial charge in [-0.25, -0.2) is 0 Å². The molecule has 5 heterocycles. The molecule has 2 bridgehead atoms. The maximum Gasteiger partial charge on any atom is 0.233 e. The summed E-state index contributed by atoms with van der Waals surface area (Å²) in [5.74, 6) is 1.29. The van der Waals surface area contributed by atoms with Gasteiger partial charge in [0.15, 0.2) is 0 Å². The van der Waals surface area contributed by atoms with Crippen LogP contribution in [0.15, 0.2) is 42.6 Å². The Labute approximate surface area is 147 Å². The summed E-state index contributed by atoms with van der Waals surface area (Å²) in [5, 5.41) is 9.89. The third kappa shape index (κ3) is 2.68. The quantitative estimate of drug-likeness (QED) is 0.797. The molecule has 0 saturated carbocycles. The lowest BCUT2D eigenvalue weighted by molar-refractivity contribution is -0.0387. The molecule has 3 fully saturated rings. The van der Waals surface area contributed by atoms with Gasteiger partial charge in [-0.3, -0.25) is 4.90 Å². The van der Waals surface area contributed by atoms with Crippen molar-refractivity contribution in [3.05, 3.63) is 42.6 Å². The standard InChI is InChI=1S/C20H22N4O/c1-13-10-16-7-9-24(13)12-19(16)25-20-5-4-18(22-23-20)14-2-3-17-15(11-14)6-8-21-17/h2-6,8,11,13,16,19,21H,7,9-10,12H2,1H3/t13-,16?,19+/m0/s1. The van der Waals surface area contributed by atoms with E-state index in [1.165, 1.54) is 24.8 Å². The molecule has 1 aromatic carbocycles. The summed E-state index contributed by atoms with van der Waals surface area (Å²) in [6, 6.07) is 13.0. The van der Waals surface area contributed by atoms with Crippen LogP contribution in [0.4, 0.5) is 0 Å². The highest BCUT2D eigenvalue weighted by molar-refractivity contribution is 5.84. The van der Waals surface area contributed by atoms with E-state index in [9.17, 15) is 0 Å². The topological polar surface area (TPSA) is 54.0 Å². The third-order valence-electron chi connectivity index (χ3n) is 5.76. The molecule has 1 N–H and O–H groups in total. The highest BCUT2D eigenvalue weighted by Gasteiger charge is 2.39. The molecular weight excluding hydrogens is 312 g/mol. The lowest BCUT2D eigenvalue weighted by atomic mass is 9.82. The van der Waals surface area contributed by atoms with Crippen molar-refractivity contribution in [3.63, 3.8) is 0 Å². The van der Waals surface area contributed by atoms with Gasteiger partial charge in [-0.15, -0.1) is 10.2 Å². The number of fused-ring (bicyclic) bond motifs is 4. The van der Waals surface area contributed by atoms with E-state index in [0.717, 1.165) is 23.3 Å². The minimum atomic E-state index is 0.251. The minimum Gasteiger partial charge on any atom is -0.472 e. The van der Waals surface area contributed by atoms with Crippen LogP contribution in [0.25, 0.3) is 22.2 Å². The van der Waals surface area contributed by atoms with E-state index < -0.39 is 0 Å². The summed E-state index contributed by atoms with van der Waals surface area (Å²) in [6.07, 6.45) is 4.66. The summed E-state index contributed by atoms with van der Waals surface area (Å²) in [5.41, 5.74) is 3.08. The zero-order valence-corrected chi connectivity index (χ0v) is 14.4. The number of hydrogen-bond acceptors (Lipinski definition) is 4. The Balaban J connectivity index is 1.33. The second-order valence-electron chi connectivity index (χ2n) is 7.32. The van der Waals surface area contributed by atoms with E-state index in [1.54, 1.807) is 0 Å². The molecule has 3 aliphatic heterocycles. The highest BCUT2D eigenvalue weighted by atomic mass is 16.5. The lowest BCUT2D eigenvalue weighted by Gasteiger charge is -2.48. The molecule has 6 rings (SSSR count). The first kappa shape index (κ1) is 14.9. The second-order valence-corrected chi connectivity index (χ2v) is 7.32. The predicted molar refractivity (Wildman–Crippen MR) is 97.5 cm³/mol. The number of hydrogen-bond donors (Lipinski definition) is 1. The fourth-order valence-electron chi connectivity index (χ4n) is 4.28. The van der Waals surface area contributed by atoms with Crippen molar-refractivity contribution in [3.8, 4) is 17.1 Å². The van der Waals surface area contributed by atoms with Crippen LogP contribution in [0.3, 0.4) is 0 Å². The Morgan fingerprint density at radius 2 is 2.12 bits per heavy atom. The molecule has 25 heavy (non-hydrogen) atoms. The number of aromatic nitrogens is 3. The molecule has 5 nitrogen and oxygen atoms in total. The fourth-order valence-corrected chi connectivity index (χ4v) is 4.28. The van der Waals surface area contributed by atoms with Crippen LogP contribution in [-0.2, 0) is 0 Å². The summed E-state index contributed by atoms with van der Waals surface area (Å²) >= 11 is 0. The van der Waals surface area contributed by atoms with Crippen molar-refractivity contribution in [1.82, 2.24) is 20.1 Å². The van der Waals surface area contributed by atoms with Crippen molar-refractivity contribution < 1.29 is 4.74 Å². The maximum absolute atomic E-state index is 6.17. The van der Waals surface area contributed by atoms with Crippen LogP contribution in [-0.4, -0.2) is 45.3 Å². The van der Waals surface area contributed by atoms with Crippen molar-refractivity contribution >= 4 is 10.9 Å². The molecule has 3 saturated heterocycles. The Morgan fingerprint density at radius 1 is 1.16 bits per heavy atom. The van der Waals surface area contributed by atoms with Gasteiger partial charge in [0, 0.05) is 41.3 Å². The van der Waals surface area contributed by atoms with Crippen LogP contribution in [0, 0.1) is 5.92 Å². The van der Waals surface area contributed by atoms with Crippen molar-refractivity contribution in [1.29, 1.82) is 0 Å². The zero-order chi connectivity index (χ0) is 16.8. The van der Waals surface area contributed by atoms with E-state index in [-0.39, 0.29) is 6.10 Å². The predicted octanol–water partition coefficient (Wildman–Crippen LogP) is 3.49. The number of rotatable bonds is 3. The summed E-state index contributed by atoms with van der Waals surface area (Å²) in [4.78, 5) is 5.74. The second kappa shape index (κ2) is 5.85. The normalized spacial score (nSPS) is 28.4. The number of ether oxygens (including phenoxy) is 1. The maximum atomic E-state index is 6.17. The Hall–Kier alpha value is -2.40. The molecule has 3 aliphatic rings. The van der Waals surface area contributed by atoms with Crippen LogP contribution in [0.1, 0.15) is 19.8 Å². The first-order valence-electron chi connectivity index (χ1n) is 9.08. The van der Waals surface area contributed by atoms with Gasteiger partial charge in [0.05, 0.1) is 5.69 Å². The molecule has 0 radical (unpaired) electrons. The summed E-state index contributed by atoms with van der Waals surface area (Å²) in [6.45, 7) is 4.54. The number of nitrogens with one attached hydrogen (secondary N) is 1. The molecule has 0 amide bonds. The van der Waals surface area contributed by atoms with Gasteiger partial charge < -0.3 is 9.72 Å². The Kier molecular flexibility index (Phi) is 3.48. The zero-order valence-electron chi connectivity index (χ0n) is 14.4. The smallest absolute Gasteiger partial charge is 0.233 e. The van der Waals surface area contributed by atoms with Gasteiger partial charge in [-0.2, -0.15) is 0 Å². The van der Waals surface area contributed by atoms with Crippen molar-refractivity contribution in [2.24, 2.45) is 5.92 Å². The van der Waals surface area contributed by atoms with Gasteiger partial charge in [0.2, 0.25) is 5.88 Å². The van der Waals surface area contributed by atoms with Crippen molar-refractivity contribution in [2.45, 2.75) is 31.9 Å². The lowest BCUT2D eigenvalue weighted by Crippen LogP contribution is -2.56. The Bertz CT molecular complexity index is 888. The molecular formula is C20H22N4O. The average Bonchev–Trinajstić information content (AvgIpc) is 3.11. The highest BCUT2D eigenvalue weighted by Crippen LogP contribution is 2.34. The fraction of sp³-hybridized carbons (Fsp3) is 0.400. The van der Waals surface area contributed by atoms with E-state index in [2.05, 4.69) is 51.3 Å². The Morgan fingerprint density at radius 3 is 2.88 bits per heavy atom. The summed E-state index contributed by atoms with van der Waals surface area (Å²) in [7, 11) is 0. The average molecular weight is 334 g/mol. The third-order valence-corrected chi connectivity index (χ3v) is 5.76. The molecule has 2 aromatic heterocycles. The monoisotopic (exact) mass is 334 g/mol. The molecule has 4 atom stereocenters. The number of aromatic amines is 1. The van der Waals surface area contributed by atoms with Gasteiger partial charge in [0.25, 0.3) is 0 Å². The molecule has 128 valence electrons. The van der Waals surface area contributed by atoms with Crippen LogP contribution in [0.2, 0.25) is 0 Å². The molecule has 3 aromatic rings. The van der Waals surface area contributed by atoms with E-state index in [4.69, 9.17) is 4.74 Å². The first-order chi connectivity index (χ1) is 12.3. The first-order valence-corrected chi connectivity index (χ1v) is 9.08. The van der Waals surface area contributed by atoms with Gasteiger partial charge in [0.1, 0.15) is 6.10 Å². The minimum absolute atomic E-state index is 0.251. The number of benzene rings is 1. The van der Waals surface area contributed by atoms with Crippen LogP contribution in [0.5, 0.6) is 5.88 Å². The van der Waals surface area contributed by atoms with Gasteiger partial charge in [-0.1, -0.05) is 6.07 Å². The van der Waals surface area contributed by atoms with E-state index in [0.29, 0.717) is 17.8 Å². The van der Waals surface area contributed by atoms with Crippen LogP contribution >= 0.6 is 0 Å². The number of H-pyrrole nitrogens is 1. The SMILES string of the molecule is C[C@H]1CC2CCN1C[C@H]2Oc1ccc(-c2ccc3[nH]ccc3c2)nn1. The van der Waals surface area contributed by atoms with E-state index >= 15 is 0 Å². The molecule has 0 aliphatic carbocycles. The number of piperidine rings is 3. The van der Waals surface area contributed by atoms with E-state index in [1.807, 2.05) is 18.3 Å².